The molecule has 3 heterocycles. The van der Waals surface area contributed by atoms with E-state index < -0.39 is 0 Å². The van der Waals surface area contributed by atoms with Crippen LogP contribution in [-0.4, -0.2) is 40.8 Å². The zero-order chi connectivity index (χ0) is 13.4. The standard InChI is InChI=1S/C15H22N2O2/c1-10(13-8-12(18)2-3-15(13)19)16-14-9-17-6-4-11(14)5-7-17/h2-3,8,10-11,14,16,18-19H,4-7,9H2,1H3. The molecular formula is C15H22N2O2. The molecule has 2 unspecified atom stereocenters. The van der Waals surface area contributed by atoms with Crippen molar-refractivity contribution in [2.45, 2.75) is 31.8 Å². The fourth-order valence-corrected chi connectivity index (χ4v) is 3.45. The number of aromatic hydroxyl groups is 2. The predicted octanol–water partition coefficient (Wildman–Crippen LogP) is 1.84. The van der Waals surface area contributed by atoms with Gasteiger partial charge in [-0.15, -0.1) is 0 Å². The zero-order valence-electron chi connectivity index (χ0n) is 11.3. The maximum Gasteiger partial charge on any atom is 0.120 e. The van der Waals surface area contributed by atoms with Crippen molar-refractivity contribution in [2.75, 3.05) is 19.6 Å². The number of benzene rings is 1. The molecule has 0 aliphatic carbocycles. The van der Waals surface area contributed by atoms with Crippen LogP contribution in [0.25, 0.3) is 0 Å². The Balaban J connectivity index is 1.71. The van der Waals surface area contributed by atoms with E-state index >= 15 is 0 Å². The Hall–Kier alpha value is -1.26. The monoisotopic (exact) mass is 262 g/mol. The van der Waals surface area contributed by atoms with Gasteiger partial charge in [-0.2, -0.15) is 0 Å². The summed E-state index contributed by atoms with van der Waals surface area (Å²) in [7, 11) is 0. The largest absolute Gasteiger partial charge is 0.508 e. The van der Waals surface area contributed by atoms with E-state index in [0.717, 1.165) is 18.0 Å². The van der Waals surface area contributed by atoms with Crippen LogP contribution in [0.15, 0.2) is 18.2 Å². The second-order valence-electron chi connectivity index (χ2n) is 5.88. The molecule has 2 atom stereocenters. The molecule has 2 bridgehead atoms. The number of phenolic OH excluding ortho intramolecular Hbond substituents is 2. The van der Waals surface area contributed by atoms with Gasteiger partial charge in [-0.05, 0) is 57.0 Å². The first-order valence-corrected chi connectivity index (χ1v) is 7.14. The minimum absolute atomic E-state index is 0.0534. The highest BCUT2D eigenvalue weighted by Gasteiger charge is 2.34. The van der Waals surface area contributed by atoms with E-state index in [-0.39, 0.29) is 17.5 Å². The number of hydrogen-bond acceptors (Lipinski definition) is 4. The van der Waals surface area contributed by atoms with Gasteiger partial charge in [-0.1, -0.05) is 0 Å². The Morgan fingerprint density at radius 1 is 1.26 bits per heavy atom. The van der Waals surface area contributed by atoms with Gasteiger partial charge >= 0.3 is 0 Å². The van der Waals surface area contributed by atoms with Gasteiger partial charge in [0.1, 0.15) is 11.5 Å². The van der Waals surface area contributed by atoms with Crippen molar-refractivity contribution in [1.82, 2.24) is 10.2 Å². The number of nitrogens with zero attached hydrogens (tertiary/aromatic N) is 1. The van der Waals surface area contributed by atoms with Gasteiger partial charge in [0.05, 0.1) is 0 Å². The lowest BCUT2D eigenvalue weighted by Gasteiger charge is -2.46. The highest BCUT2D eigenvalue weighted by Crippen LogP contribution is 2.32. The molecule has 0 amide bonds. The fourth-order valence-electron chi connectivity index (χ4n) is 3.45. The molecule has 1 aromatic rings. The predicted molar refractivity (Wildman–Crippen MR) is 74.3 cm³/mol. The molecule has 3 N–H and O–H groups in total. The second-order valence-corrected chi connectivity index (χ2v) is 5.88. The topological polar surface area (TPSA) is 55.7 Å². The second kappa shape index (κ2) is 5.02. The van der Waals surface area contributed by atoms with Crippen molar-refractivity contribution in [2.24, 2.45) is 5.92 Å². The Morgan fingerprint density at radius 3 is 2.63 bits per heavy atom. The Kier molecular flexibility index (Phi) is 3.37. The van der Waals surface area contributed by atoms with Gasteiger partial charge in [-0.25, -0.2) is 0 Å². The van der Waals surface area contributed by atoms with Crippen LogP contribution in [0.5, 0.6) is 11.5 Å². The first-order chi connectivity index (χ1) is 9.13. The summed E-state index contributed by atoms with van der Waals surface area (Å²) in [5, 5.41) is 23.1. The van der Waals surface area contributed by atoms with E-state index in [2.05, 4.69) is 10.2 Å². The van der Waals surface area contributed by atoms with Crippen LogP contribution in [0, 0.1) is 5.92 Å². The number of phenols is 2. The maximum absolute atomic E-state index is 9.91. The van der Waals surface area contributed by atoms with Crippen LogP contribution in [0.1, 0.15) is 31.4 Å². The van der Waals surface area contributed by atoms with E-state index in [1.54, 1.807) is 12.1 Å². The minimum Gasteiger partial charge on any atom is -0.508 e. The Bertz CT molecular complexity index is 455. The first-order valence-electron chi connectivity index (χ1n) is 7.14. The molecule has 3 saturated heterocycles. The van der Waals surface area contributed by atoms with E-state index in [1.807, 2.05) is 6.92 Å². The molecule has 3 aliphatic heterocycles. The quantitative estimate of drug-likeness (QED) is 0.728. The number of nitrogens with one attached hydrogen (secondary N) is 1. The molecule has 0 radical (unpaired) electrons. The number of rotatable bonds is 3. The lowest BCUT2D eigenvalue weighted by Crippen LogP contribution is -2.56. The highest BCUT2D eigenvalue weighted by atomic mass is 16.3. The van der Waals surface area contributed by atoms with Gasteiger partial charge in [0.2, 0.25) is 0 Å². The van der Waals surface area contributed by atoms with Gasteiger partial charge in [0, 0.05) is 24.2 Å². The van der Waals surface area contributed by atoms with Crippen LogP contribution < -0.4 is 5.32 Å². The van der Waals surface area contributed by atoms with Crippen molar-refractivity contribution in [1.29, 1.82) is 0 Å². The van der Waals surface area contributed by atoms with Gasteiger partial charge in [0.25, 0.3) is 0 Å². The van der Waals surface area contributed by atoms with E-state index in [0.29, 0.717) is 6.04 Å². The van der Waals surface area contributed by atoms with Crippen molar-refractivity contribution in [3.63, 3.8) is 0 Å². The Labute approximate surface area is 114 Å². The molecule has 0 spiro atoms. The molecule has 0 aromatic heterocycles. The summed E-state index contributed by atoms with van der Waals surface area (Å²) >= 11 is 0. The molecule has 1 aromatic carbocycles. The third kappa shape index (κ3) is 2.55. The molecule has 3 aliphatic rings. The van der Waals surface area contributed by atoms with Gasteiger partial charge in [0.15, 0.2) is 0 Å². The van der Waals surface area contributed by atoms with E-state index in [4.69, 9.17) is 0 Å². The fraction of sp³-hybridized carbons (Fsp3) is 0.600. The minimum atomic E-state index is 0.0534. The summed E-state index contributed by atoms with van der Waals surface area (Å²) in [6.07, 6.45) is 2.55. The van der Waals surface area contributed by atoms with Crippen LogP contribution in [0.2, 0.25) is 0 Å². The summed E-state index contributed by atoms with van der Waals surface area (Å²) in [6.45, 7) is 5.61. The van der Waals surface area contributed by atoms with E-state index in [1.165, 1.54) is 32.0 Å². The summed E-state index contributed by atoms with van der Waals surface area (Å²) in [4.78, 5) is 2.51. The van der Waals surface area contributed by atoms with Crippen molar-refractivity contribution in [3.05, 3.63) is 23.8 Å². The summed E-state index contributed by atoms with van der Waals surface area (Å²) < 4.78 is 0. The lowest BCUT2D eigenvalue weighted by molar-refractivity contribution is 0.0678. The van der Waals surface area contributed by atoms with E-state index in [9.17, 15) is 10.2 Å². The molecule has 3 fully saturated rings. The third-order valence-electron chi connectivity index (χ3n) is 4.60. The summed E-state index contributed by atoms with van der Waals surface area (Å²) in [5.41, 5.74) is 0.774. The lowest BCUT2D eigenvalue weighted by atomic mass is 9.83. The molecule has 4 heteroatoms. The number of fused-ring (bicyclic) bond motifs is 3. The number of piperidine rings is 3. The average molecular weight is 262 g/mol. The molecule has 104 valence electrons. The molecule has 4 nitrogen and oxygen atoms in total. The van der Waals surface area contributed by atoms with Gasteiger partial charge in [-0.3, -0.25) is 0 Å². The Morgan fingerprint density at radius 2 is 2.00 bits per heavy atom. The summed E-state index contributed by atoms with van der Waals surface area (Å²) in [6, 6.07) is 5.27. The normalized spacial score (nSPS) is 31.3. The third-order valence-corrected chi connectivity index (χ3v) is 4.60. The molecule has 4 rings (SSSR count). The average Bonchev–Trinajstić information content (AvgIpc) is 2.43. The van der Waals surface area contributed by atoms with Gasteiger partial charge < -0.3 is 20.4 Å². The number of hydrogen-bond donors (Lipinski definition) is 3. The zero-order valence-corrected chi connectivity index (χ0v) is 11.3. The maximum atomic E-state index is 9.91. The molecule has 19 heavy (non-hydrogen) atoms. The SMILES string of the molecule is CC(NC1CN2CCC1CC2)c1cc(O)ccc1O. The first kappa shape index (κ1) is 12.8. The smallest absolute Gasteiger partial charge is 0.120 e. The molecular weight excluding hydrogens is 240 g/mol. The van der Waals surface area contributed by atoms with Crippen LogP contribution in [0.3, 0.4) is 0 Å². The summed E-state index contributed by atoms with van der Waals surface area (Å²) in [5.74, 6) is 1.21. The van der Waals surface area contributed by atoms with Crippen LogP contribution >= 0.6 is 0 Å². The van der Waals surface area contributed by atoms with Crippen molar-refractivity contribution in [3.8, 4) is 11.5 Å². The van der Waals surface area contributed by atoms with Crippen molar-refractivity contribution >= 4 is 0 Å². The van der Waals surface area contributed by atoms with Crippen LogP contribution in [0.4, 0.5) is 0 Å². The van der Waals surface area contributed by atoms with Crippen molar-refractivity contribution < 1.29 is 10.2 Å². The van der Waals surface area contributed by atoms with Crippen LogP contribution in [-0.2, 0) is 0 Å². The molecule has 0 saturated carbocycles. The highest BCUT2D eigenvalue weighted by molar-refractivity contribution is 5.40.